The highest BCUT2D eigenvalue weighted by Gasteiger charge is 2.43. The number of aryl methyl sites for hydroxylation is 2. The maximum Gasteiger partial charge on any atom is 0.0872 e. The molecule has 0 N–H and O–H groups in total. The van der Waals surface area contributed by atoms with Gasteiger partial charge in [0.05, 0.1) is 17.4 Å². The minimum absolute atomic E-state index is 0.196. The monoisotopic (exact) mass is 407 g/mol. The van der Waals surface area contributed by atoms with Gasteiger partial charge in [0.1, 0.15) is 0 Å². The van der Waals surface area contributed by atoms with Crippen molar-refractivity contribution in [3.63, 3.8) is 0 Å². The van der Waals surface area contributed by atoms with Crippen molar-refractivity contribution < 1.29 is 0 Å². The third-order valence-corrected chi connectivity index (χ3v) is 6.35. The Morgan fingerprint density at radius 1 is 0.839 bits per heavy atom. The van der Waals surface area contributed by atoms with Crippen LogP contribution in [0.2, 0.25) is 0 Å². The molecule has 2 atom stereocenters. The van der Waals surface area contributed by atoms with Gasteiger partial charge >= 0.3 is 0 Å². The van der Waals surface area contributed by atoms with Crippen LogP contribution in [0.25, 0.3) is 6.08 Å². The smallest absolute Gasteiger partial charge is 0.0872 e. The minimum atomic E-state index is 0.196. The number of hydrogen-bond donors (Lipinski definition) is 0. The molecule has 2 aliphatic heterocycles. The number of para-hydroxylation sites is 1. The van der Waals surface area contributed by atoms with Gasteiger partial charge in [0.2, 0.25) is 0 Å². The summed E-state index contributed by atoms with van der Waals surface area (Å²) >= 11 is 0. The topological polar surface area (TPSA) is 18.8 Å². The molecule has 3 heteroatoms. The van der Waals surface area contributed by atoms with Crippen LogP contribution in [-0.2, 0) is 0 Å². The third-order valence-electron chi connectivity index (χ3n) is 6.35. The number of likely N-dealkylation sites (N-methyl/N-ethyl adjacent to an activating group) is 1. The quantitative estimate of drug-likeness (QED) is 0.541. The number of piperidine rings is 1. The number of fused-ring (bicyclic) bond motifs is 1. The first-order valence-electron chi connectivity index (χ1n) is 11.0. The molecule has 0 amide bonds. The van der Waals surface area contributed by atoms with Crippen LogP contribution in [0.5, 0.6) is 0 Å². The van der Waals surface area contributed by atoms with E-state index in [1.807, 2.05) is 0 Å². The Kier molecular flexibility index (Phi) is 5.21. The predicted molar refractivity (Wildman–Crippen MR) is 130 cm³/mol. The van der Waals surface area contributed by atoms with Crippen LogP contribution in [0, 0.1) is 19.8 Å². The van der Waals surface area contributed by atoms with Crippen LogP contribution in [0.1, 0.15) is 28.3 Å². The van der Waals surface area contributed by atoms with Crippen LogP contribution in [-0.4, -0.2) is 30.7 Å². The van der Waals surface area contributed by atoms with E-state index in [2.05, 4.69) is 116 Å². The fourth-order valence-electron chi connectivity index (χ4n) is 4.75. The second-order valence-electron chi connectivity index (χ2n) is 8.90. The van der Waals surface area contributed by atoms with E-state index in [4.69, 9.17) is 5.10 Å². The van der Waals surface area contributed by atoms with Gasteiger partial charge in [-0.3, -0.25) is 5.01 Å². The molecule has 3 aromatic carbocycles. The Morgan fingerprint density at radius 2 is 1.48 bits per heavy atom. The van der Waals surface area contributed by atoms with Gasteiger partial charge in [0, 0.05) is 19.0 Å². The lowest BCUT2D eigenvalue weighted by Gasteiger charge is -2.34. The highest BCUT2D eigenvalue weighted by molar-refractivity contribution is 6.08. The molecule has 0 spiro atoms. The average Bonchev–Trinajstić information content (AvgIpc) is 3.16. The number of hydrazone groups is 1. The van der Waals surface area contributed by atoms with Crippen LogP contribution in [0.3, 0.4) is 0 Å². The molecule has 0 saturated carbocycles. The van der Waals surface area contributed by atoms with E-state index in [1.54, 1.807) is 0 Å². The number of rotatable bonds is 3. The summed E-state index contributed by atoms with van der Waals surface area (Å²) in [5, 5.41) is 7.49. The summed E-state index contributed by atoms with van der Waals surface area (Å²) in [5.74, 6) is 0.332. The van der Waals surface area contributed by atoms with Crippen molar-refractivity contribution >= 4 is 17.5 Å². The molecule has 0 radical (unpaired) electrons. The van der Waals surface area contributed by atoms with E-state index in [9.17, 15) is 0 Å². The summed E-state index contributed by atoms with van der Waals surface area (Å²) in [6.07, 6.45) is 2.32. The Morgan fingerprint density at radius 3 is 2.16 bits per heavy atom. The molecule has 2 heterocycles. The van der Waals surface area contributed by atoms with Gasteiger partial charge in [0.25, 0.3) is 0 Å². The maximum absolute atomic E-state index is 5.25. The summed E-state index contributed by atoms with van der Waals surface area (Å²) in [7, 11) is 2.22. The van der Waals surface area contributed by atoms with Gasteiger partial charge in [-0.1, -0.05) is 77.9 Å². The van der Waals surface area contributed by atoms with Crippen molar-refractivity contribution in [2.75, 3.05) is 25.1 Å². The van der Waals surface area contributed by atoms with E-state index >= 15 is 0 Å². The summed E-state index contributed by atoms with van der Waals surface area (Å²) in [6.45, 7) is 6.21. The van der Waals surface area contributed by atoms with Gasteiger partial charge in [-0.15, -0.1) is 0 Å². The molecule has 2 unspecified atom stereocenters. The molecular weight excluding hydrogens is 378 g/mol. The molecule has 0 bridgehead atoms. The van der Waals surface area contributed by atoms with Crippen molar-refractivity contribution in [1.82, 2.24) is 4.90 Å². The molecule has 156 valence electrons. The van der Waals surface area contributed by atoms with E-state index in [0.29, 0.717) is 5.92 Å². The van der Waals surface area contributed by atoms with Crippen molar-refractivity contribution in [3.05, 3.63) is 107 Å². The zero-order valence-electron chi connectivity index (χ0n) is 18.5. The molecule has 2 aliphatic rings. The average molecular weight is 408 g/mol. The molecule has 0 aromatic heterocycles. The Labute approximate surface area is 185 Å². The van der Waals surface area contributed by atoms with Crippen molar-refractivity contribution in [1.29, 1.82) is 0 Å². The number of hydrogen-bond acceptors (Lipinski definition) is 3. The lowest BCUT2D eigenvalue weighted by atomic mass is 9.83. The summed E-state index contributed by atoms with van der Waals surface area (Å²) in [4.78, 5) is 2.43. The largest absolute Gasteiger partial charge is 0.301 e. The summed E-state index contributed by atoms with van der Waals surface area (Å²) in [6, 6.07) is 28.5. The van der Waals surface area contributed by atoms with Crippen LogP contribution < -0.4 is 5.01 Å². The molecule has 1 fully saturated rings. The summed E-state index contributed by atoms with van der Waals surface area (Å²) < 4.78 is 0. The molecule has 0 aliphatic carbocycles. The first kappa shape index (κ1) is 19.8. The van der Waals surface area contributed by atoms with E-state index in [-0.39, 0.29) is 6.04 Å². The minimum Gasteiger partial charge on any atom is -0.301 e. The highest BCUT2D eigenvalue weighted by atomic mass is 15.5. The van der Waals surface area contributed by atoms with Gasteiger partial charge in [-0.05, 0) is 55.8 Å². The fourth-order valence-corrected chi connectivity index (χ4v) is 4.75. The normalized spacial score (nSPS) is 22.5. The molecule has 3 aromatic rings. The second kappa shape index (κ2) is 8.16. The molecular formula is C28H29N3. The standard InChI is InChI=1S/C28H29N3/c1-20-9-13-22(14-10-20)17-24-18-30(3)19-26-27(24)29-31(25-7-5-4-6-8-25)28(26)23-15-11-21(2)12-16-23/h4-17,26,28H,18-19H2,1-3H3/b24-17+. The van der Waals surface area contributed by atoms with E-state index < -0.39 is 0 Å². The van der Waals surface area contributed by atoms with Gasteiger partial charge < -0.3 is 4.90 Å². The predicted octanol–water partition coefficient (Wildman–Crippen LogP) is 5.87. The van der Waals surface area contributed by atoms with Gasteiger partial charge in [0.15, 0.2) is 0 Å². The van der Waals surface area contributed by atoms with Crippen LogP contribution >= 0.6 is 0 Å². The van der Waals surface area contributed by atoms with Gasteiger partial charge in [-0.25, -0.2) is 0 Å². The van der Waals surface area contributed by atoms with Crippen molar-refractivity contribution in [2.45, 2.75) is 19.9 Å². The van der Waals surface area contributed by atoms with Crippen LogP contribution in [0.4, 0.5) is 5.69 Å². The molecule has 1 saturated heterocycles. The first-order valence-corrected chi connectivity index (χ1v) is 11.0. The van der Waals surface area contributed by atoms with Crippen LogP contribution in [0.15, 0.2) is 89.5 Å². The van der Waals surface area contributed by atoms with Crippen molar-refractivity contribution in [3.8, 4) is 0 Å². The van der Waals surface area contributed by atoms with E-state index in [1.165, 1.54) is 33.5 Å². The third kappa shape index (κ3) is 3.94. The maximum atomic E-state index is 5.25. The number of likely N-dealkylation sites (tertiary alicyclic amines) is 1. The lowest BCUT2D eigenvalue weighted by molar-refractivity contribution is 0.303. The number of anilines is 1. The Bertz CT molecular complexity index is 1110. The highest BCUT2D eigenvalue weighted by Crippen LogP contribution is 2.43. The zero-order valence-corrected chi connectivity index (χ0v) is 18.5. The molecule has 5 rings (SSSR count). The van der Waals surface area contributed by atoms with E-state index in [0.717, 1.165) is 18.8 Å². The summed E-state index contributed by atoms with van der Waals surface area (Å²) in [5.41, 5.74) is 8.83. The first-order chi connectivity index (χ1) is 15.1. The zero-order chi connectivity index (χ0) is 21.4. The number of benzene rings is 3. The molecule has 31 heavy (non-hydrogen) atoms. The lowest BCUT2D eigenvalue weighted by Crippen LogP contribution is -2.41. The van der Waals surface area contributed by atoms with Gasteiger partial charge in [-0.2, -0.15) is 5.10 Å². The van der Waals surface area contributed by atoms with Crippen molar-refractivity contribution in [2.24, 2.45) is 11.0 Å². The number of nitrogens with zero attached hydrogens (tertiary/aromatic N) is 3. The fraction of sp³-hybridized carbons (Fsp3) is 0.250. The Hall–Kier alpha value is -3.17. The Balaban J connectivity index is 1.60. The molecule has 3 nitrogen and oxygen atoms in total. The second-order valence-corrected chi connectivity index (χ2v) is 8.90. The SMILES string of the molecule is Cc1ccc(/C=C2\CN(C)CC3C2=NN(c2ccccc2)C3c2ccc(C)cc2)cc1.